The van der Waals surface area contributed by atoms with Crippen LogP contribution in [-0.2, 0) is 4.74 Å². The predicted octanol–water partition coefficient (Wildman–Crippen LogP) is 0.502. The Morgan fingerprint density at radius 1 is 1.14 bits per heavy atom. The number of aromatic nitrogens is 3. The van der Waals surface area contributed by atoms with Crippen LogP contribution >= 0.6 is 0 Å². The fourth-order valence-electron chi connectivity index (χ4n) is 4.11. The minimum Gasteiger partial charge on any atom is -0.486 e. The van der Waals surface area contributed by atoms with Crippen molar-refractivity contribution in [3.63, 3.8) is 0 Å². The molecule has 9 nitrogen and oxygen atoms in total. The van der Waals surface area contributed by atoms with Crippen LogP contribution in [0.3, 0.4) is 0 Å². The number of rotatable bonds is 2. The van der Waals surface area contributed by atoms with Gasteiger partial charge in [-0.2, -0.15) is 0 Å². The van der Waals surface area contributed by atoms with Crippen LogP contribution in [0.4, 0.5) is 0 Å². The van der Waals surface area contributed by atoms with E-state index >= 15 is 0 Å². The van der Waals surface area contributed by atoms with Crippen molar-refractivity contribution in [2.75, 3.05) is 46.5 Å². The van der Waals surface area contributed by atoms with E-state index in [-0.39, 0.29) is 18.1 Å². The summed E-state index contributed by atoms with van der Waals surface area (Å²) in [7, 11) is 2.08. The van der Waals surface area contributed by atoms with Crippen LogP contribution in [0.1, 0.15) is 16.2 Å². The fraction of sp³-hybridized carbons (Fsp3) is 0.526. The van der Waals surface area contributed by atoms with E-state index in [4.69, 9.17) is 14.2 Å². The SMILES string of the molecule is Cc1c(C(=O)N2C[C@H]3OCCN(C)[C@H]3C2)nnn1-c1ccc2c(c1)OCCO2. The highest BCUT2D eigenvalue weighted by Gasteiger charge is 2.41. The Labute approximate surface area is 162 Å². The Morgan fingerprint density at radius 2 is 1.96 bits per heavy atom. The number of likely N-dealkylation sites (tertiary alicyclic amines) is 1. The number of likely N-dealkylation sites (N-methyl/N-ethyl adjacent to an activating group) is 1. The van der Waals surface area contributed by atoms with Gasteiger partial charge >= 0.3 is 0 Å². The zero-order valence-corrected chi connectivity index (χ0v) is 16.0. The largest absolute Gasteiger partial charge is 0.486 e. The fourth-order valence-corrected chi connectivity index (χ4v) is 4.11. The number of carbonyl (C=O) groups excluding carboxylic acids is 1. The topological polar surface area (TPSA) is 82.0 Å². The summed E-state index contributed by atoms with van der Waals surface area (Å²) in [6, 6.07) is 5.84. The quantitative estimate of drug-likeness (QED) is 0.745. The van der Waals surface area contributed by atoms with Crippen molar-refractivity contribution in [2.24, 2.45) is 0 Å². The molecule has 9 heteroatoms. The second-order valence-electron chi connectivity index (χ2n) is 7.43. The van der Waals surface area contributed by atoms with Gasteiger partial charge in [0.1, 0.15) is 13.2 Å². The minimum absolute atomic E-state index is 0.0656. The lowest BCUT2D eigenvalue weighted by Gasteiger charge is -2.33. The molecule has 5 rings (SSSR count). The lowest BCUT2D eigenvalue weighted by molar-refractivity contribution is -0.0368. The molecule has 0 unspecified atom stereocenters. The van der Waals surface area contributed by atoms with Gasteiger partial charge in [0.15, 0.2) is 17.2 Å². The summed E-state index contributed by atoms with van der Waals surface area (Å²) in [5, 5.41) is 8.39. The average Bonchev–Trinajstić information content (AvgIpc) is 3.32. The van der Waals surface area contributed by atoms with Gasteiger partial charge in [0.2, 0.25) is 0 Å². The molecule has 0 spiro atoms. The predicted molar refractivity (Wildman–Crippen MR) is 99.1 cm³/mol. The van der Waals surface area contributed by atoms with E-state index in [0.29, 0.717) is 55.8 Å². The molecule has 0 radical (unpaired) electrons. The second kappa shape index (κ2) is 6.75. The summed E-state index contributed by atoms with van der Waals surface area (Å²) in [6.07, 6.45) is 0.0656. The number of hydrogen-bond donors (Lipinski definition) is 0. The van der Waals surface area contributed by atoms with Crippen LogP contribution in [0.2, 0.25) is 0 Å². The number of ether oxygens (including phenoxy) is 3. The van der Waals surface area contributed by atoms with Gasteiger partial charge in [-0.15, -0.1) is 5.10 Å². The maximum Gasteiger partial charge on any atom is 0.276 e. The maximum absolute atomic E-state index is 13.1. The number of hydrogen-bond acceptors (Lipinski definition) is 7. The third-order valence-corrected chi connectivity index (χ3v) is 5.73. The van der Waals surface area contributed by atoms with Gasteiger partial charge < -0.3 is 19.1 Å². The molecule has 1 aromatic heterocycles. The summed E-state index contributed by atoms with van der Waals surface area (Å²) in [6.45, 7) is 5.76. The van der Waals surface area contributed by atoms with Gasteiger partial charge in [-0.3, -0.25) is 9.69 Å². The maximum atomic E-state index is 13.1. The number of benzene rings is 1. The van der Waals surface area contributed by atoms with Crippen molar-refractivity contribution in [1.29, 1.82) is 0 Å². The lowest BCUT2D eigenvalue weighted by atomic mass is 10.1. The van der Waals surface area contributed by atoms with Gasteiger partial charge in [0, 0.05) is 25.7 Å². The highest BCUT2D eigenvalue weighted by Crippen LogP contribution is 2.32. The van der Waals surface area contributed by atoms with Crippen LogP contribution in [0.15, 0.2) is 18.2 Å². The number of amides is 1. The summed E-state index contributed by atoms with van der Waals surface area (Å²) in [5.74, 6) is 1.29. The first-order chi connectivity index (χ1) is 13.6. The van der Waals surface area contributed by atoms with Gasteiger partial charge in [0.05, 0.1) is 30.1 Å². The molecule has 2 fully saturated rings. The molecule has 1 aromatic carbocycles. The molecule has 2 aromatic rings. The zero-order chi connectivity index (χ0) is 19.3. The number of nitrogens with zero attached hydrogens (tertiary/aromatic N) is 5. The molecule has 0 bridgehead atoms. The summed E-state index contributed by atoms with van der Waals surface area (Å²) in [4.78, 5) is 17.2. The molecular weight excluding hydrogens is 362 g/mol. The van der Waals surface area contributed by atoms with E-state index in [1.54, 1.807) is 4.68 Å². The van der Waals surface area contributed by atoms with Crippen LogP contribution in [0.5, 0.6) is 11.5 Å². The van der Waals surface area contributed by atoms with Crippen LogP contribution < -0.4 is 9.47 Å². The van der Waals surface area contributed by atoms with Crippen LogP contribution in [-0.4, -0.2) is 89.3 Å². The number of fused-ring (bicyclic) bond motifs is 2. The lowest BCUT2D eigenvalue weighted by Crippen LogP contribution is -2.48. The first kappa shape index (κ1) is 17.4. The van der Waals surface area contributed by atoms with Gasteiger partial charge in [-0.05, 0) is 26.1 Å². The molecule has 2 atom stereocenters. The molecule has 0 aliphatic carbocycles. The van der Waals surface area contributed by atoms with E-state index < -0.39 is 0 Å². The Morgan fingerprint density at radius 3 is 2.79 bits per heavy atom. The van der Waals surface area contributed by atoms with E-state index in [2.05, 4.69) is 22.3 Å². The van der Waals surface area contributed by atoms with E-state index in [9.17, 15) is 4.79 Å². The zero-order valence-electron chi connectivity index (χ0n) is 16.0. The molecule has 0 saturated carbocycles. The average molecular weight is 385 g/mol. The van der Waals surface area contributed by atoms with Crippen molar-refractivity contribution >= 4 is 5.91 Å². The Bertz CT molecular complexity index is 914. The standard InChI is InChI=1S/C19H23N5O4/c1-12-18(19(25)23-10-14-17(11-23)26-6-5-22(14)2)20-21-24(12)13-3-4-15-16(9-13)28-8-7-27-15/h3-4,9,14,17H,5-8,10-11H2,1-2H3/t14-,17+/m0/s1. The Kier molecular flexibility index (Phi) is 4.21. The third kappa shape index (κ3) is 2.82. The van der Waals surface area contributed by atoms with Gasteiger partial charge in [0.25, 0.3) is 5.91 Å². The summed E-state index contributed by atoms with van der Waals surface area (Å²) < 4.78 is 18.7. The summed E-state index contributed by atoms with van der Waals surface area (Å²) in [5.41, 5.74) is 1.86. The first-order valence-electron chi connectivity index (χ1n) is 9.55. The van der Waals surface area contributed by atoms with Crippen LogP contribution in [0.25, 0.3) is 5.69 Å². The molecule has 3 aliphatic heterocycles. The summed E-state index contributed by atoms with van der Waals surface area (Å²) >= 11 is 0. The van der Waals surface area contributed by atoms with E-state index in [0.717, 1.165) is 12.2 Å². The molecule has 0 N–H and O–H groups in total. The van der Waals surface area contributed by atoms with Crippen molar-refractivity contribution in [3.05, 3.63) is 29.6 Å². The van der Waals surface area contributed by atoms with Gasteiger partial charge in [-0.25, -0.2) is 4.68 Å². The smallest absolute Gasteiger partial charge is 0.276 e. The monoisotopic (exact) mass is 385 g/mol. The van der Waals surface area contributed by atoms with E-state index in [1.165, 1.54) is 0 Å². The van der Waals surface area contributed by atoms with Crippen LogP contribution in [0, 0.1) is 6.92 Å². The molecule has 1 amide bonds. The minimum atomic E-state index is -0.104. The number of carbonyl (C=O) groups is 1. The molecule has 2 saturated heterocycles. The number of morpholine rings is 1. The van der Waals surface area contributed by atoms with Gasteiger partial charge in [-0.1, -0.05) is 5.21 Å². The van der Waals surface area contributed by atoms with E-state index in [1.807, 2.05) is 30.0 Å². The molecule has 28 heavy (non-hydrogen) atoms. The Hall–Kier alpha value is -2.65. The molecule has 4 heterocycles. The second-order valence-corrected chi connectivity index (χ2v) is 7.43. The molecule has 148 valence electrons. The molecular formula is C19H23N5O4. The highest BCUT2D eigenvalue weighted by molar-refractivity contribution is 5.93. The molecule has 3 aliphatic rings. The third-order valence-electron chi connectivity index (χ3n) is 5.73. The Balaban J connectivity index is 1.39. The highest BCUT2D eigenvalue weighted by atomic mass is 16.6. The van der Waals surface area contributed by atoms with Crippen molar-refractivity contribution < 1.29 is 19.0 Å². The van der Waals surface area contributed by atoms with Crippen molar-refractivity contribution in [3.8, 4) is 17.2 Å². The normalized spacial score (nSPS) is 24.3. The first-order valence-corrected chi connectivity index (χ1v) is 9.55. The van der Waals surface area contributed by atoms with Crippen molar-refractivity contribution in [2.45, 2.75) is 19.1 Å². The van der Waals surface area contributed by atoms with Crippen molar-refractivity contribution in [1.82, 2.24) is 24.8 Å².